The second kappa shape index (κ2) is 7.48. The number of hydrogen-bond acceptors (Lipinski definition) is 6. The fraction of sp³-hybridized carbons (Fsp3) is 0.476. The topological polar surface area (TPSA) is 84.1 Å². The van der Waals surface area contributed by atoms with Gasteiger partial charge in [-0.3, -0.25) is 0 Å². The average molecular weight is 383 g/mol. The lowest BCUT2D eigenvalue weighted by Crippen LogP contribution is -2.23. The molecule has 1 saturated heterocycles. The molecule has 1 aliphatic carbocycles. The molecule has 0 bridgehead atoms. The molecule has 1 aromatic rings. The highest BCUT2D eigenvalue weighted by Crippen LogP contribution is 2.42. The van der Waals surface area contributed by atoms with E-state index in [0.717, 1.165) is 60.7 Å². The summed E-state index contributed by atoms with van der Waals surface area (Å²) in [6, 6.07) is 6.09. The molecule has 7 heteroatoms. The highest BCUT2D eigenvalue weighted by atomic mass is 16.5. The summed E-state index contributed by atoms with van der Waals surface area (Å²) < 4.78 is 11.6. The summed E-state index contributed by atoms with van der Waals surface area (Å²) in [6.45, 7) is 8.13. The highest BCUT2D eigenvalue weighted by molar-refractivity contribution is 5.61. The molecule has 0 spiro atoms. The quantitative estimate of drug-likeness (QED) is 0.381. The number of nitrogens with one attached hydrogen (secondary N) is 2. The minimum Gasteiger partial charge on any atom is -0.488 e. The Hall–Kier alpha value is -2.51. The van der Waals surface area contributed by atoms with Gasteiger partial charge in [-0.25, -0.2) is 10.4 Å². The molecule has 0 radical (unpaired) electrons. The van der Waals surface area contributed by atoms with Gasteiger partial charge < -0.3 is 25.5 Å². The number of fused-ring (bicyclic) bond motifs is 1. The number of hydrazine groups is 1. The first kappa shape index (κ1) is 18.8. The zero-order valence-corrected chi connectivity index (χ0v) is 16.6. The normalized spacial score (nSPS) is 25.6. The minimum absolute atomic E-state index is 0.00321. The van der Waals surface area contributed by atoms with E-state index in [0.29, 0.717) is 0 Å². The summed E-state index contributed by atoms with van der Waals surface area (Å²) in [5.41, 5.74) is 15.2. The lowest BCUT2D eigenvalue weighted by atomic mass is 9.99. The number of rotatable bonds is 7. The molecule has 0 aromatic heterocycles. The third-order valence-corrected chi connectivity index (χ3v) is 5.70. The van der Waals surface area contributed by atoms with Gasteiger partial charge in [0.05, 0.1) is 24.2 Å². The van der Waals surface area contributed by atoms with Crippen LogP contribution in [0.3, 0.4) is 0 Å². The zero-order valence-electron chi connectivity index (χ0n) is 16.6. The molecule has 28 heavy (non-hydrogen) atoms. The van der Waals surface area contributed by atoms with Gasteiger partial charge in [0.15, 0.2) is 0 Å². The van der Waals surface area contributed by atoms with Crippen molar-refractivity contribution in [1.82, 2.24) is 10.3 Å². The third-order valence-electron chi connectivity index (χ3n) is 5.70. The van der Waals surface area contributed by atoms with E-state index in [2.05, 4.69) is 40.3 Å². The van der Waals surface area contributed by atoms with Crippen LogP contribution in [0.25, 0.3) is 0 Å². The lowest BCUT2D eigenvalue weighted by molar-refractivity contribution is 0.111. The van der Waals surface area contributed by atoms with E-state index in [1.165, 1.54) is 6.34 Å². The fourth-order valence-corrected chi connectivity index (χ4v) is 3.70. The molecule has 0 amide bonds. The predicted octanol–water partition coefficient (Wildman–Crippen LogP) is 2.69. The van der Waals surface area contributed by atoms with E-state index in [9.17, 15) is 0 Å². The Kier molecular flexibility index (Phi) is 5.03. The van der Waals surface area contributed by atoms with E-state index < -0.39 is 0 Å². The number of aliphatic imine (C=N–C) groups is 1. The van der Waals surface area contributed by atoms with E-state index in [-0.39, 0.29) is 17.7 Å². The van der Waals surface area contributed by atoms with Crippen molar-refractivity contribution < 1.29 is 9.47 Å². The SMILES string of the molecule is C=C(/C=C(\N=C/N)N1CC[C@H](OC)C1)[C@@H]1NNc2ccc(OC3(C)CC3)cc21. The highest BCUT2D eigenvalue weighted by Gasteiger charge is 2.40. The van der Waals surface area contributed by atoms with Crippen molar-refractivity contribution in [3.05, 3.63) is 47.8 Å². The van der Waals surface area contributed by atoms with Gasteiger partial charge in [0.1, 0.15) is 17.2 Å². The number of benzene rings is 1. The molecule has 2 fully saturated rings. The van der Waals surface area contributed by atoms with Crippen molar-refractivity contribution in [2.24, 2.45) is 10.7 Å². The van der Waals surface area contributed by atoms with Crippen molar-refractivity contribution in [2.45, 2.75) is 43.9 Å². The van der Waals surface area contributed by atoms with Crippen LogP contribution in [0.5, 0.6) is 5.75 Å². The van der Waals surface area contributed by atoms with Crippen LogP contribution in [0, 0.1) is 0 Å². The summed E-state index contributed by atoms with van der Waals surface area (Å²) in [4.78, 5) is 6.55. The number of ether oxygens (including phenoxy) is 2. The van der Waals surface area contributed by atoms with Crippen LogP contribution in [0.4, 0.5) is 5.69 Å². The van der Waals surface area contributed by atoms with Gasteiger partial charge in [-0.2, -0.15) is 0 Å². The number of anilines is 1. The molecule has 1 aromatic carbocycles. The number of likely N-dealkylation sites (tertiary alicyclic amines) is 1. The first-order valence-electron chi connectivity index (χ1n) is 9.78. The second-order valence-corrected chi connectivity index (χ2v) is 7.95. The van der Waals surface area contributed by atoms with Crippen molar-refractivity contribution in [3.8, 4) is 5.75 Å². The first-order chi connectivity index (χ1) is 13.5. The Morgan fingerprint density at radius 2 is 2.25 bits per heavy atom. The molecular formula is C21H29N5O2. The van der Waals surface area contributed by atoms with Gasteiger partial charge in [0.2, 0.25) is 0 Å². The molecular weight excluding hydrogens is 354 g/mol. The first-order valence-corrected chi connectivity index (χ1v) is 9.78. The van der Waals surface area contributed by atoms with Gasteiger partial charge in [0, 0.05) is 25.8 Å². The number of nitrogens with two attached hydrogens (primary N) is 1. The monoisotopic (exact) mass is 383 g/mol. The molecule has 4 rings (SSSR count). The van der Waals surface area contributed by atoms with Crippen molar-refractivity contribution in [3.63, 3.8) is 0 Å². The van der Waals surface area contributed by atoms with Gasteiger partial charge in [-0.05, 0) is 56.0 Å². The van der Waals surface area contributed by atoms with Crippen LogP contribution in [-0.4, -0.2) is 43.1 Å². The number of methoxy groups -OCH3 is 1. The van der Waals surface area contributed by atoms with Gasteiger partial charge in [-0.1, -0.05) is 6.58 Å². The molecule has 3 aliphatic rings. The molecule has 2 atom stereocenters. The molecule has 1 saturated carbocycles. The average Bonchev–Trinajstić information content (AvgIpc) is 3.11. The van der Waals surface area contributed by atoms with Gasteiger partial charge in [-0.15, -0.1) is 0 Å². The largest absolute Gasteiger partial charge is 0.488 e. The third kappa shape index (κ3) is 3.86. The molecule has 7 nitrogen and oxygen atoms in total. The standard InChI is InChI=1S/C21H29N5O2/c1-14(10-19(23-13-22)26-9-6-16(12-26)27-3)20-17-11-15(28-21(2)7-8-21)4-5-18(17)24-25-20/h4-5,10-11,13,16,20,24-25H,1,6-9,12H2,2-3H3,(H2,22,23)/b19-10+/t16-,20-/m0/s1. The Labute approximate surface area is 166 Å². The maximum Gasteiger partial charge on any atom is 0.130 e. The van der Waals surface area contributed by atoms with Crippen molar-refractivity contribution in [1.29, 1.82) is 0 Å². The van der Waals surface area contributed by atoms with Crippen LogP contribution in [0.1, 0.15) is 37.8 Å². The molecule has 0 unspecified atom stereocenters. The van der Waals surface area contributed by atoms with Crippen LogP contribution >= 0.6 is 0 Å². The Morgan fingerprint density at radius 1 is 1.43 bits per heavy atom. The maximum atomic E-state index is 6.13. The van der Waals surface area contributed by atoms with E-state index in [4.69, 9.17) is 15.2 Å². The predicted molar refractivity (Wildman–Crippen MR) is 111 cm³/mol. The van der Waals surface area contributed by atoms with Gasteiger partial charge in [0.25, 0.3) is 0 Å². The van der Waals surface area contributed by atoms with Crippen molar-refractivity contribution in [2.75, 3.05) is 25.6 Å². The molecule has 2 heterocycles. The number of nitrogens with zero attached hydrogens (tertiary/aromatic N) is 2. The summed E-state index contributed by atoms with van der Waals surface area (Å²) in [7, 11) is 1.75. The van der Waals surface area contributed by atoms with Crippen molar-refractivity contribution >= 4 is 12.0 Å². The maximum absolute atomic E-state index is 6.13. The summed E-state index contributed by atoms with van der Waals surface area (Å²) in [5.74, 6) is 1.70. The Balaban J connectivity index is 1.53. The molecule has 2 aliphatic heterocycles. The van der Waals surface area contributed by atoms with Gasteiger partial charge >= 0.3 is 0 Å². The van der Waals surface area contributed by atoms with Crippen LogP contribution < -0.4 is 21.3 Å². The summed E-state index contributed by atoms with van der Waals surface area (Å²) >= 11 is 0. The molecule has 4 N–H and O–H groups in total. The van der Waals surface area contributed by atoms with Crippen LogP contribution in [-0.2, 0) is 4.74 Å². The zero-order chi connectivity index (χ0) is 19.7. The summed E-state index contributed by atoms with van der Waals surface area (Å²) in [6.07, 6.45) is 6.74. The molecule has 150 valence electrons. The second-order valence-electron chi connectivity index (χ2n) is 7.95. The minimum atomic E-state index is -0.0608. The number of hydrogen-bond donors (Lipinski definition) is 3. The Bertz CT molecular complexity index is 815. The summed E-state index contributed by atoms with van der Waals surface area (Å²) in [5, 5.41) is 0. The fourth-order valence-electron chi connectivity index (χ4n) is 3.70. The Morgan fingerprint density at radius 3 is 2.93 bits per heavy atom. The smallest absolute Gasteiger partial charge is 0.130 e. The van der Waals surface area contributed by atoms with Crippen LogP contribution in [0.15, 0.2) is 47.2 Å². The van der Waals surface area contributed by atoms with E-state index >= 15 is 0 Å². The van der Waals surface area contributed by atoms with E-state index in [1.807, 2.05) is 18.2 Å². The van der Waals surface area contributed by atoms with E-state index in [1.54, 1.807) is 7.11 Å². The lowest BCUT2D eigenvalue weighted by Gasteiger charge is -2.20. The van der Waals surface area contributed by atoms with Crippen LogP contribution in [0.2, 0.25) is 0 Å².